The first-order valence-corrected chi connectivity index (χ1v) is 18.6. The molecule has 6 amide bonds. The lowest BCUT2D eigenvalue weighted by molar-refractivity contribution is -0.136. The molecule has 1 aromatic carbocycles. The molecule has 7 rings (SSSR count). The SMILES string of the molecule is CCN1C(=O)C(=Cc2cn(Cc3cn(CCOCCOCCOCC(=O)Nc4cccc5c4C(=O)N(C4CCC(=O)NC4=O)C5=O)nn3)c3cccnc23)NC1=S. The Morgan fingerprint density at radius 3 is 2.53 bits per heavy atom. The summed E-state index contributed by atoms with van der Waals surface area (Å²) in [7, 11) is 0. The van der Waals surface area contributed by atoms with E-state index >= 15 is 0 Å². The predicted octanol–water partition coefficient (Wildman–Crippen LogP) is 0.843. The van der Waals surface area contributed by atoms with Crippen molar-refractivity contribution in [3.8, 4) is 0 Å². The fraction of sp³-hybridized carbons (Fsp3) is 0.351. The fourth-order valence-corrected chi connectivity index (χ4v) is 6.99. The molecule has 0 saturated carbocycles. The first-order valence-electron chi connectivity index (χ1n) is 18.2. The van der Waals surface area contributed by atoms with Gasteiger partial charge in [0.05, 0.1) is 80.2 Å². The molecule has 6 heterocycles. The summed E-state index contributed by atoms with van der Waals surface area (Å²) < 4.78 is 20.3. The Morgan fingerprint density at radius 1 is 0.965 bits per heavy atom. The van der Waals surface area contributed by atoms with Crippen LogP contribution in [0.2, 0.25) is 0 Å². The Kier molecular flexibility index (Phi) is 11.8. The zero-order valence-electron chi connectivity index (χ0n) is 30.8. The Labute approximate surface area is 330 Å². The van der Waals surface area contributed by atoms with Crippen LogP contribution >= 0.6 is 12.2 Å². The molecule has 3 N–H and O–H groups in total. The van der Waals surface area contributed by atoms with Crippen molar-refractivity contribution in [2.75, 3.05) is 51.5 Å². The molecule has 1 unspecified atom stereocenters. The van der Waals surface area contributed by atoms with Gasteiger partial charge >= 0.3 is 0 Å². The van der Waals surface area contributed by atoms with E-state index in [1.165, 1.54) is 23.1 Å². The smallest absolute Gasteiger partial charge is 0.276 e. The van der Waals surface area contributed by atoms with E-state index in [0.717, 1.165) is 27.2 Å². The minimum atomic E-state index is -1.11. The van der Waals surface area contributed by atoms with Crippen LogP contribution in [0.5, 0.6) is 0 Å². The van der Waals surface area contributed by atoms with E-state index in [0.29, 0.717) is 50.3 Å². The Morgan fingerprint density at radius 2 is 1.75 bits per heavy atom. The maximum Gasteiger partial charge on any atom is 0.276 e. The number of piperidine rings is 1. The number of hydrogen-bond acceptors (Lipinski definition) is 13. The zero-order valence-corrected chi connectivity index (χ0v) is 31.6. The molecule has 3 aromatic heterocycles. The third-order valence-electron chi connectivity index (χ3n) is 9.35. The average Bonchev–Trinajstić information content (AvgIpc) is 3.92. The minimum absolute atomic E-state index is 0.00159. The van der Waals surface area contributed by atoms with Crippen molar-refractivity contribution in [3.63, 3.8) is 0 Å². The van der Waals surface area contributed by atoms with Gasteiger partial charge in [-0.15, -0.1) is 5.10 Å². The molecule has 57 heavy (non-hydrogen) atoms. The Balaban J connectivity index is 0.792. The van der Waals surface area contributed by atoms with Crippen molar-refractivity contribution in [1.82, 2.24) is 45.0 Å². The standard InChI is InChI=1S/C37H38N10O9S/c1-2-46-35(52)26(40-37(46)57)17-22-18-44(27-7-4-10-38-32(22)27)19-23-20-45(43-42-23)11-12-54-13-14-55-15-16-56-21-30(49)39-25-6-3-5-24-31(25)36(53)47(34(24)51)28-8-9-29(48)41-33(28)50/h3-7,10,17-18,20,28H,2,8-9,11-16,19,21H2,1H3,(H,39,49)(H,40,57)(H,41,48,50). The molecule has 3 aliphatic rings. The molecule has 0 radical (unpaired) electrons. The van der Waals surface area contributed by atoms with E-state index in [2.05, 4.69) is 31.2 Å². The van der Waals surface area contributed by atoms with Gasteiger partial charge in [-0.3, -0.25) is 48.9 Å². The number of fused-ring (bicyclic) bond motifs is 2. The maximum absolute atomic E-state index is 13.2. The van der Waals surface area contributed by atoms with Crippen LogP contribution in [0.3, 0.4) is 0 Å². The summed E-state index contributed by atoms with van der Waals surface area (Å²) in [6, 6.07) is 7.13. The number of nitrogens with zero attached hydrogens (tertiary/aromatic N) is 7. The summed E-state index contributed by atoms with van der Waals surface area (Å²) in [5.41, 5.74) is 3.67. The number of pyridine rings is 1. The number of likely N-dealkylation sites (N-methyl/N-ethyl adjacent to an activating group) is 1. The van der Waals surface area contributed by atoms with Crippen molar-refractivity contribution in [2.24, 2.45) is 0 Å². The third kappa shape index (κ3) is 8.48. The molecule has 2 saturated heterocycles. The number of carbonyl (C=O) groups is 6. The summed E-state index contributed by atoms with van der Waals surface area (Å²) in [4.78, 5) is 82.3. The van der Waals surface area contributed by atoms with Gasteiger partial charge in [-0.1, -0.05) is 11.3 Å². The van der Waals surface area contributed by atoms with Crippen molar-refractivity contribution < 1.29 is 43.0 Å². The van der Waals surface area contributed by atoms with E-state index in [9.17, 15) is 28.8 Å². The zero-order chi connectivity index (χ0) is 40.1. The molecule has 0 aliphatic carbocycles. The highest BCUT2D eigenvalue weighted by Crippen LogP contribution is 2.32. The molecule has 1 atom stereocenters. The van der Waals surface area contributed by atoms with E-state index in [4.69, 9.17) is 26.4 Å². The van der Waals surface area contributed by atoms with Gasteiger partial charge in [0, 0.05) is 30.9 Å². The molecule has 0 spiro atoms. The van der Waals surface area contributed by atoms with Gasteiger partial charge in [0.1, 0.15) is 24.0 Å². The van der Waals surface area contributed by atoms with Crippen molar-refractivity contribution in [1.29, 1.82) is 0 Å². The monoisotopic (exact) mass is 798 g/mol. The van der Waals surface area contributed by atoms with Gasteiger partial charge in [0.25, 0.3) is 17.7 Å². The van der Waals surface area contributed by atoms with Crippen LogP contribution in [-0.4, -0.2) is 127 Å². The molecule has 2 fully saturated rings. The van der Waals surface area contributed by atoms with E-state index in [1.54, 1.807) is 17.0 Å². The summed E-state index contributed by atoms with van der Waals surface area (Å²) in [5, 5.41) is 16.6. The lowest BCUT2D eigenvalue weighted by Crippen LogP contribution is -2.54. The normalized spacial score (nSPS) is 17.6. The van der Waals surface area contributed by atoms with Gasteiger partial charge in [-0.2, -0.15) is 0 Å². The minimum Gasteiger partial charge on any atom is -0.377 e. The number of thiocarbonyl (C=S) groups is 1. The van der Waals surface area contributed by atoms with Crippen LogP contribution in [0.25, 0.3) is 17.1 Å². The van der Waals surface area contributed by atoms with Crippen LogP contribution in [0, 0.1) is 0 Å². The van der Waals surface area contributed by atoms with Crippen LogP contribution in [0.1, 0.15) is 51.7 Å². The van der Waals surface area contributed by atoms with Crippen molar-refractivity contribution >= 4 is 75.6 Å². The number of aromatic nitrogens is 5. The Bertz CT molecular complexity index is 2300. The number of nitrogens with one attached hydrogen (secondary N) is 3. The lowest BCUT2D eigenvalue weighted by Gasteiger charge is -2.27. The Hall–Kier alpha value is -6.22. The summed E-state index contributed by atoms with van der Waals surface area (Å²) >= 11 is 5.28. The second kappa shape index (κ2) is 17.3. The fourth-order valence-electron chi connectivity index (χ4n) is 6.66. The number of anilines is 1. The number of ether oxygens (including phenoxy) is 3. The molecular formula is C37H38N10O9S. The van der Waals surface area contributed by atoms with E-state index < -0.39 is 35.6 Å². The first-order chi connectivity index (χ1) is 27.6. The van der Waals surface area contributed by atoms with Gasteiger partial charge in [-0.25, -0.2) is 4.68 Å². The molecule has 3 aliphatic heterocycles. The molecule has 20 heteroatoms. The van der Waals surface area contributed by atoms with Crippen LogP contribution in [0.15, 0.2) is 54.6 Å². The number of benzene rings is 1. The van der Waals surface area contributed by atoms with Crippen LogP contribution in [-0.2, 0) is 46.5 Å². The second-order valence-corrected chi connectivity index (χ2v) is 13.5. The molecular weight excluding hydrogens is 761 g/mol. The van der Waals surface area contributed by atoms with Gasteiger partial charge < -0.3 is 29.4 Å². The predicted molar refractivity (Wildman–Crippen MR) is 204 cm³/mol. The van der Waals surface area contributed by atoms with E-state index in [-0.39, 0.29) is 55.4 Å². The number of imide groups is 2. The number of rotatable bonds is 17. The lowest BCUT2D eigenvalue weighted by atomic mass is 10.0. The average molecular weight is 799 g/mol. The molecule has 0 bridgehead atoms. The van der Waals surface area contributed by atoms with Crippen LogP contribution in [0.4, 0.5) is 5.69 Å². The molecule has 4 aromatic rings. The van der Waals surface area contributed by atoms with Gasteiger partial charge in [0.15, 0.2) is 5.11 Å². The largest absolute Gasteiger partial charge is 0.377 e. The van der Waals surface area contributed by atoms with Crippen molar-refractivity contribution in [2.45, 2.75) is 38.9 Å². The highest BCUT2D eigenvalue weighted by atomic mass is 32.1. The summed E-state index contributed by atoms with van der Waals surface area (Å²) in [5.74, 6) is -3.30. The quantitative estimate of drug-likeness (QED) is 0.0584. The van der Waals surface area contributed by atoms with Crippen molar-refractivity contribution in [3.05, 3.63) is 77.0 Å². The maximum atomic E-state index is 13.2. The highest BCUT2D eigenvalue weighted by Gasteiger charge is 2.45. The second-order valence-electron chi connectivity index (χ2n) is 13.1. The summed E-state index contributed by atoms with van der Waals surface area (Å²) in [6.07, 6.45) is 7.25. The first kappa shape index (κ1) is 39.0. The molecule has 296 valence electrons. The number of amides is 6. The van der Waals surface area contributed by atoms with E-state index in [1.807, 2.05) is 36.0 Å². The third-order valence-corrected chi connectivity index (χ3v) is 9.67. The topological polar surface area (TPSA) is 221 Å². The molecule has 19 nitrogen and oxygen atoms in total. The van der Waals surface area contributed by atoms with Gasteiger partial charge in [0.2, 0.25) is 17.7 Å². The number of carbonyl (C=O) groups excluding carboxylic acids is 6. The van der Waals surface area contributed by atoms with Crippen LogP contribution < -0.4 is 16.0 Å². The number of hydrogen-bond donors (Lipinski definition) is 3. The highest BCUT2D eigenvalue weighted by molar-refractivity contribution is 7.80. The van der Waals surface area contributed by atoms with Gasteiger partial charge in [-0.05, 0) is 55.9 Å². The summed E-state index contributed by atoms with van der Waals surface area (Å²) in [6.45, 7) is 4.24.